The van der Waals surface area contributed by atoms with Gasteiger partial charge in [0.15, 0.2) is 5.82 Å². The van der Waals surface area contributed by atoms with E-state index in [9.17, 15) is 5.11 Å². The van der Waals surface area contributed by atoms with Gasteiger partial charge in [0.25, 0.3) is 0 Å². The second kappa shape index (κ2) is 5.45. The van der Waals surface area contributed by atoms with Crippen molar-refractivity contribution >= 4 is 0 Å². The lowest BCUT2D eigenvalue weighted by Gasteiger charge is -2.12. The summed E-state index contributed by atoms with van der Waals surface area (Å²) < 4.78 is 4.65. The summed E-state index contributed by atoms with van der Waals surface area (Å²) in [7, 11) is 0. The van der Waals surface area contributed by atoms with E-state index in [-0.39, 0.29) is 0 Å². The van der Waals surface area contributed by atoms with Crippen LogP contribution < -0.4 is 5.32 Å². The number of rotatable bonds is 5. The summed E-state index contributed by atoms with van der Waals surface area (Å²) in [6, 6.07) is 7.53. The molecular formula is C12H15N3O2. The summed E-state index contributed by atoms with van der Waals surface area (Å²) >= 11 is 0. The first kappa shape index (κ1) is 11.6. The van der Waals surface area contributed by atoms with Gasteiger partial charge in [0.2, 0.25) is 6.39 Å². The van der Waals surface area contributed by atoms with Gasteiger partial charge in [-0.2, -0.15) is 4.98 Å². The Hall–Kier alpha value is -1.88. The minimum absolute atomic E-state index is 0.293. The van der Waals surface area contributed by atoms with Gasteiger partial charge in [-0.15, -0.1) is 0 Å². The molecule has 2 rings (SSSR count). The maximum atomic E-state index is 9.18. The molecule has 0 aliphatic rings. The van der Waals surface area contributed by atoms with Crippen LogP contribution >= 0.6 is 0 Å². The standard InChI is InChI=1S/C12H15N3O2/c1-9(13-7-12-14-8-17-15-12)6-10-2-4-11(16)5-3-10/h2-5,8-9,13,16H,6-7H2,1H3. The van der Waals surface area contributed by atoms with Crippen molar-refractivity contribution in [3.05, 3.63) is 42.0 Å². The summed E-state index contributed by atoms with van der Waals surface area (Å²) in [5, 5.41) is 16.2. The van der Waals surface area contributed by atoms with E-state index in [0.717, 1.165) is 6.42 Å². The lowest BCUT2D eigenvalue weighted by Crippen LogP contribution is -2.27. The highest BCUT2D eigenvalue weighted by Gasteiger charge is 2.05. The number of nitrogens with one attached hydrogen (secondary N) is 1. The van der Waals surface area contributed by atoms with E-state index in [1.807, 2.05) is 12.1 Å². The van der Waals surface area contributed by atoms with Crippen molar-refractivity contribution in [3.8, 4) is 5.75 Å². The van der Waals surface area contributed by atoms with Crippen molar-refractivity contribution in [1.29, 1.82) is 0 Å². The smallest absolute Gasteiger partial charge is 0.213 e. The van der Waals surface area contributed by atoms with Crippen molar-refractivity contribution in [3.63, 3.8) is 0 Å². The van der Waals surface area contributed by atoms with Gasteiger partial charge < -0.3 is 14.9 Å². The van der Waals surface area contributed by atoms with Crippen LogP contribution in [-0.4, -0.2) is 21.3 Å². The van der Waals surface area contributed by atoms with Crippen LogP contribution in [0.3, 0.4) is 0 Å². The topological polar surface area (TPSA) is 71.2 Å². The van der Waals surface area contributed by atoms with Gasteiger partial charge in [-0.25, -0.2) is 0 Å². The van der Waals surface area contributed by atoms with Crippen LogP contribution in [0, 0.1) is 0 Å². The molecule has 1 heterocycles. The predicted molar refractivity (Wildman–Crippen MR) is 62.4 cm³/mol. The molecule has 0 amide bonds. The maximum absolute atomic E-state index is 9.18. The molecule has 1 atom stereocenters. The molecule has 5 heteroatoms. The third-order valence-electron chi connectivity index (χ3n) is 2.49. The number of phenols is 1. The highest BCUT2D eigenvalue weighted by atomic mass is 16.5. The first-order chi connectivity index (χ1) is 8.24. The molecule has 0 radical (unpaired) electrons. The Labute approximate surface area is 99.5 Å². The minimum atomic E-state index is 0.293. The van der Waals surface area contributed by atoms with Crippen molar-refractivity contribution in [2.45, 2.75) is 25.9 Å². The highest BCUT2D eigenvalue weighted by molar-refractivity contribution is 5.26. The van der Waals surface area contributed by atoms with Gasteiger partial charge in [0.1, 0.15) is 5.75 Å². The molecule has 1 unspecified atom stereocenters. The maximum Gasteiger partial charge on any atom is 0.213 e. The monoisotopic (exact) mass is 233 g/mol. The van der Waals surface area contributed by atoms with Crippen LogP contribution in [-0.2, 0) is 13.0 Å². The SMILES string of the molecule is CC(Cc1ccc(O)cc1)NCc1ncon1. The quantitative estimate of drug-likeness (QED) is 0.818. The number of hydrogen-bond acceptors (Lipinski definition) is 5. The van der Waals surface area contributed by atoms with Crippen molar-refractivity contribution in [2.75, 3.05) is 0 Å². The Bertz CT molecular complexity index is 439. The lowest BCUT2D eigenvalue weighted by molar-refractivity contribution is 0.404. The van der Waals surface area contributed by atoms with Gasteiger partial charge in [-0.1, -0.05) is 17.3 Å². The zero-order valence-corrected chi connectivity index (χ0v) is 9.63. The third kappa shape index (κ3) is 3.57. The van der Waals surface area contributed by atoms with Crippen molar-refractivity contribution in [1.82, 2.24) is 15.5 Å². The summed E-state index contributed by atoms with van der Waals surface area (Å²) in [6.07, 6.45) is 2.21. The molecule has 1 aromatic carbocycles. The largest absolute Gasteiger partial charge is 0.508 e. The van der Waals surface area contributed by atoms with Crippen LogP contribution in [0.5, 0.6) is 5.75 Å². The summed E-state index contributed by atoms with van der Waals surface area (Å²) in [5.74, 6) is 0.948. The normalized spacial score (nSPS) is 12.5. The molecule has 0 fully saturated rings. The average Bonchev–Trinajstić information content (AvgIpc) is 2.83. The molecule has 0 bridgehead atoms. The molecule has 0 saturated carbocycles. The second-order valence-electron chi connectivity index (χ2n) is 4.00. The fraction of sp³-hybridized carbons (Fsp3) is 0.333. The Morgan fingerprint density at radius 1 is 1.35 bits per heavy atom. The molecule has 2 N–H and O–H groups in total. The second-order valence-corrected chi connectivity index (χ2v) is 4.00. The average molecular weight is 233 g/mol. The molecule has 90 valence electrons. The first-order valence-corrected chi connectivity index (χ1v) is 5.50. The van der Waals surface area contributed by atoms with Crippen molar-refractivity contribution in [2.24, 2.45) is 0 Å². The predicted octanol–water partition coefficient (Wildman–Crippen LogP) is 1.50. The van der Waals surface area contributed by atoms with Gasteiger partial charge >= 0.3 is 0 Å². The van der Waals surface area contributed by atoms with E-state index in [2.05, 4.69) is 26.9 Å². The number of aromatic hydroxyl groups is 1. The van der Waals surface area contributed by atoms with Gasteiger partial charge in [-0.3, -0.25) is 0 Å². The van der Waals surface area contributed by atoms with E-state index in [1.54, 1.807) is 12.1 Å². The zero-order chi connectivity index (χ0) is 12.1. The third-order valence-corrected chi connectivity index (χ3v) is 2.49. The molecular weight excluding hydrogens is 218 g/mol. The number of phenolic OH excluding ortho intramolecular Hbond substituents is 1. The van der Waals surface area contributed by atoms with E-state index >= 15 is 0 Å². The Morgan fingerprint density at radius 3 is 2.76 bits per heavy atom. The summed E-state index contributed by atoms with van der Waals surface area (Å²) in [4.78, 5) is 3.93. The van der Waals surface area contributed by atoms with Gasteiger partial charge in [-0.05, 0) is 31.0 Å². The van der Waals surface area contributed by atoms with Crippen molar-refractivity contribution < 1.29 is 9.63 Å². The summed E-state index contributed by atoms with van der Waals surface area (Å²) in [6.45, 7) is 2.68. The fourth-order valence-electron chi connectivity index (χ4n) is 1.59. The molecule has 17 heavy (non-hydrogen) atoms. The van der Waals surface area contributed by atoms with Gasteiger partial charge in [0.05, 0.1) is 6.54 Å². The van der Waals surface area contributed by atoms with Crippen LogP contribution in [0.25, 0.3) is 0 Å². The van der Waals surface area contributed by atoms with Gasteiger partial charge in [0, 0.05) is 6.04 Å². The minimum Gasteiger partial charge on any atom is -0.508 e. The molecule has 0 aliphatic heterocycles. The number of benzene rings is 1. The van der Waals surface area contributed by atoms with E-state index in [4.69, 9.17) is 0 Å². The first-order valence-electron chi connectivity index (χ1n) is 5.50. The fourth-order valence-corrected chi connectivity index (χ4v) is 1.59. The Morgan fingerprint density at radius 2 is 2.12 bits per heavy atom. The Balaban J connectivity index is 1.80. The molecule has 0 aliphatic carbocycles. The van der Waals surface area contributed by atoms with Crippen LogP contribution in [0.1, 0.15) is 18.3 Å². The zero-order valence-electron chi connectivity index (χ0n) is 9.63. The van der Waals surface area contributed by atoms with E-state index < -0.39 is 0 Å². The summed E-state index contributed by atoms with van der Waals surface area (Å²) in [5.41, 5.74) is 1.18. The number of aromatic nitrogens is 2. The molecule has 1 aromatic heterocycles. The van der Waals surface area contributed by atoms with E-state index in [1.165, 1.54) is 12.0 Å². The highest BCUT2D eigenvalue weighted by Crippen LogP contribution is 2.11. The molecule has 0 saturated heterocycles. The Kier molecular flexibility index (Phi) is 3.72. The number of nitrogens with zero attached hydrogens (tertiary/aromatic N) is 2. The van der Waals surface area contributed by atoms with Crippen LogP contribution in [0.15, 0.2) is 35.2 Å². The van der Waals surface area contributed by atoms with Crippen LogP contribution in [0.2, 0.25) is 0 Å². The molecule has 5 nitrogen and oxygen atoms in total. The van der Waals surface area contributed by atoms with Crippen LogP contribution in [0.4, 0.5) is 0 Å². The molecule has 0 spiro atoms. The van der Waals surface area contributed by atoms with E-state index in [0.29, 0.717) is 24.2 Å². The number of hydrogen-bond donors (Lipinski definition) is 2. The lowest BCUT2D eigenvalue weighted by atomic mass is 10.1. The molecule has 2 aromatic rings.